The molecule has 1 aromatic carbocycles. The Labute approximate surface area is 116 Å². The lowest BCUT2D eigenvalue weighted by molar-refractivity contribution is 0.219. The predicted octanol–water partition coefficient (Wildman–Crippen LogP) is 1.90. The molecule has 0 saturated carbocycles. The van der Waals surface area contributed by atoms with Gasteiger partial charge in [-0.1, -0.05) is 6.07 Å². The van der Waals surface area contributed by atoms with E-state index in [9.17, 15) is 0 Å². The molecule has 0 spiro atoms. The van der Waals surface area contributed by atoms with Crippen LogP contribution in [0.2, 0.25) is 0 Å². The maximum absolute atomic E-state index is 8.83. The molecular formula is C13H13N5O2. The summed E-state index contributed by atoms with van der Waals surface area (Å²) in [5.74, 6) is 0.437. The molecule has 7 heteroatoms. The minimum atomic E-state index is -0.0911. The molecule has 1 aromatic heterocycles. The highest BCUT2D eigenvalue weighted by molar-refractivity contribution is 5.37. The number of aromatic nitrogens is 3. The predicted molar refractivity (Wildman–Crippen MR) is 71.2 cm³/mol. The highest BCUT2D eigenvalue weighted by Crippen LogP contribution is 2.21. The first-order chi connectivity index (χ1) is 9.56. The van der Waals surface area contributed by atoms with Crippen molar-refractivity contribution in [3.8, 4) is 23.8 Å². The van der Waals surface area contributed by atoms with Crippen LogP contribution >= 0.6 is 0 Å². The van der Waals surface area contributed by atoms with E-state index < -0.39 is 0 Å². The van der Waals surface area contributed by atoms with Crippen LogP contribution in [-0.4, -0.2) is 21.1 Å². The summed E-state index contributed by atoms with van der Waals surface area (Å²) in [4.78, 5) is 11.7. The number of nitriles is 1. The van der Waals surface area contributed by atoms with Crippen LogP contribution in [0, 0.1) is 11.3 Å². The first kappa shape index (κ1) is 13.5. The monoisotopic (exact) mass is 271 g/mol. The van der Waals surface area contributed by atoms with Crippen molar-refractivity contribution < 1.29 is 9.47 Å². The first-order valence-corrected chi connectivity index (χ1v) is 5.93. The van der Waals surface area contributed by atoms with Gasteiger partial charge in [0.15, 0.2) is 0 Å². The van der Waals surface area contributed by atoms with Crippen LogP contribution in [0.15, 0.2) is 24.3 Å². The van der Waals surface area contributed by atoms with E-state index in [1.807, 2.05) is 19.9 Å². The van der Waals surface area contributed by atoms with Crippen molar-refractivity contribution in [2.45, 2.75) is 20.0 Å². The Morgan fingerprint density at radius 2 is 1.95 bits per heavy atom. The van der Waals surface area contributed by atoms with Gasteiger partial charge in [0.2, 0.25) is 5.95 Å². The Hall–Kier alpha value is -2.88. The van der Waals surface area contributed by atoms with Gasteiger partial charge in [-0.05, 0) is 32.0 Å². The zero-order chi connectivity index (χ0) is 14.5. The maximum atomic E-state index is 8.83. The Balaban J connectivity index is 2.24. The second-order valence-corrected chi connectivity index (χ2v) is 4.17. The third-order valence-corrected chi connectivity index (χ3v) is 2.13. The number of rotatable bonds is 4. The molecule has 2 aromatic rings. The zero-order valence-electron chi connectivity index (χ0n) is 11.1. The number of anilines is 1. The van der Waals surface area contributed by atoms with Gasteiger partial charge >= 0.3 is 12.0 Å². The molecule has 20 heavy (non-hydrogen) atoms. The number of nitrogen functional groups attached to an aromatic ring is 1. The number of hydrogen-bond donors (Lipinski definition) is 1. The molecule has 2 rings (SSSR count). The van der Waals surface area contributed by atoms with E-state index in [1.165, 1.54) is 0 Å². The van der Waals surface area contributed by atoms with Crippen molar-refractivity contribution in [1.82, 2.24) is 15.0 Å². The fraction of sp³-hybridized carbons (Fsp3) is 0.231. The van der Waals surface area contributed by atoms with E-state index in [4.69, 9.17) is 20.5 Å². The summed E-state index contributed by atoms with van der Waals surface area (Å²) in [5.41, 5.74) is 6.05. The third-order valence-electron chi connectivity index (χ3n) is 2.13. The lowest BCUT2D eigenvalue weighted by atomic mass is 10.2. The smallest absolute Gasteiger partial charge is 0.330 e. The minimum absolute atomic E-state index is 0.00193. The van der Waals surface area contributed by atoms with Gasteiger partial charge in [-0.25, -0.2) is 0 Å². The van der Waals surface area contributed by atoms with Gasteiger partial charge in [0, 0.05) is 0 Å². The van der Waals surface area contributed by atoms with Crippen LogP contribution in [0.1, 0.15) is 19.4 Å². The molecule has 0 fully saturated rings. The average molecular weight is 271 g/mol. The normalized spacial score (nSPS) is 10.1. The fourth-order valence-corrected chi connectivity index (χ4v) is 1.40. The number of benzene rings is 1. The maximum Gasteiger partial charge on any atom is 0.330 e. The van der Waals surface area contributed by atoms with Gasteiger partial charge in [-0.15, -0.1) is 4.98 Å². The van der Waals surface area contributed by atoms with E-state index in [1.54, 1.807) is 24.3 Å². The molecule has 2 N–H and O–H groups in total. The molecule has 7 nitrogen and oxygen atoms in total. The van der Waals surface area contributed by atoms with Crippen molar-refractivity contribution in [1.29, 1.82) is 5.26 Å². The summed E-state index contributed by atoms with van der Waals surface area (Å²) < 4.78 is 10.8. The molecule has 1 heterocycles. The standard InChI is InChI=1S/C13H13N5O2/c1-8(2)19-12-16-11(15)17-13(18-12)20-10-5-3-4-9(6-10)7-14/h3-6,8H,1-2H3,(H2,15,16,17,18). The Morgan fingerprint density at radius 1 is 1.20 bits per heavy atom. The van der Waals surface area contributed by atoms with Crippen LogP contribution in [0.5, 0.6) is 17.8 Å². The SMILES string of the molecule is CC(C)Oc1nc(N)nc(Oc2cccc(C#N)c2)n1. The molecule has 102 valence electrons. The molecule has 0 saturated heterocycles. The van der Waals surface area contributed by atoms with Crippen LogP contribution in [0.25, 0.3) is 0 Å². The van der Waals surface area contributed by atoms with Crippen molar-refractivity contribution in [2.75, 3.05) is 5.73 Å². The second-order valence-electron chi connectivity index (χ2n) is 4.17. The molecule has 0 amide bonds. The van der Waals surface area contributed by atoms with E-state index in [0.29, 0.717) is 11.3 Å². The van der Waals surface area contributed by atoms with Crippen LogP contribution in [-0.2, 0) is 0 Å². The molecular weight excluding hydrogens is 258 g/mol. The topological polar surface area (TPSA) is 107 Å². The second kappa shape index (κ2) is 5.84. The summed E-state index contributed by atoms with van der Waals surface area (Å²) in [5, 5.41) is 8.83. The molecule has 0 aliphatic rings. The first-order valence-electron chi connectivity index (χ1n) is 5.93. The summed E-state index contributed by atoms with van der Waals surface area (Å²) in [6.07, 6.45) is -0.0911. The van der Waals surface area contributed by atoms with Crippen molar-refractivity contribution >= 4 is 5.95 Å². The molecule has 0 atom stereocenters. The Kier molecular flexibility index (Phi) is 3.96. The Morgan fingerprint density at radius 3 is 2.65 bits per heavy atom. The molecule has 0 unspecified atom stereocenters. The summed E-state index contributed by atoms with van der Waals surface area (Å²) >= 11 is 0. The van der Waals surface area contributed by atoms with E-state index in [0.717, 1.165) is 0 Å². The molecule has 0 bridgehead atoms. The van der Waals surface area contributed by atoms with E-state index in [-0.39, 0.29) is 24.1 Å². The minimum Gasteiger partial charge on any atom is -0.461 e. The number of nitrogens with two attached hydrogens (primary N) is 1. The van der Waals surface area contributed by atoms with Gasteiger partial charge in [0.05, 0.1) is 17.7 Å². The number of ether oxygens (including phenoxy) is 2. The van der Waals surface area contributed by atoms with E-state index >= 15 is 0 Å². The summed E-state index contributed by atoms with van der Waals surface area (Å²) in [7, 11) is 0. The van der Waals surface area contributed by atoms with Gasteiger partial charge in [-0.3, -0.25) is 0 Å². The van der Waals surface area contributed by atoms with Gasteiger partial charge in [-0.2, -0.15) is 15.2 Å². The highest BCUT2D eigenvalue weighted by Gasteiger charge is 2.09. The quantitative estimate of drug-likeness (QED) is 0.904. The number of nitrogens with zero attached hydrogens (tertiary/aromatic N) is 4. The average Bonchev–Trinajstić information content (AvgIpc) is 2.37. The summed E-state index contributed by atoms with van der Waals surface area (Å²) in [6, 6.07) is 8.76. The zero-order valence-corrected chi connectivity index (χ0v) is 11.1. The molecule has 0 radical (unpaired) electrons. The largest absolute Gasteiger partial charge is 0.461 e. The summed E-state index contributed by atoms with van der Waals surface area (Å²) in [6.45, 7) is 3.69. The highest BCUT2D eigenvalue weighted by atomic mass is 16.5. The number of hydrogen-bond acceptors (Lipinski definition) is 7. The Bertz CT molecular complexity index is 651. The fourth-order valence-electron chi connectivity index (χ4n) is 1.40. The van der Waals surface area contributed by atoms with Crippen molar-refractivity contribution in [3.05, 3.63) is 29.8 Å². The van der Waals surface area contributed by atoms with Crippen LogP contribution in [0.4, 0.5) is 5.95 Å². The van der Waals surface area contributed by atoms with Crippen LogP contribution < -0.4 is 15.2 Å². The molecule has 0 aliphatic carbocycles. The van der Waals surface area contributed by atoms with Crippen molar-refractivity contribution in [3.63, 3.8) is 0 Å². The van der Waals surface area contributed by atoms with Gasteiger partial charge in [0.1, 0.15) is 5.75 Å². The van der Waals surface area contributed by atoms with Gasteiger partial charge in [0.25, 0.3) is 0 Å². The van der Waals surface area contributed by atoms with Crippen LogP contribution in [0.3, 0.4) is 0 Å². The lowest BCUT2D eigenvalue weighted by Crippen LogP contribution is -2.11. The van der Waals surface area contributed by atoms with Crippen molar-refractivity contribution in [2.24, 2.45) is 0 Å². The molecule has 0 aliphatic heterocycles. The lowest BCUT2D eigenvalue weighted by Gasteiger charge is -2.09. The van der Waals surface area contributed by atoms with E-state index in [2.05, 4.69) is 15.0 Å². The third kappa shape index (κ3) is 3.55. The van der Waals surface area contributed by atoms with Gasteiger partial charge < -0.3 is 15.2 Å².